The van der Waals surface area contributed by atoms with Gasteiger partial charge in [-0.05, 0) is 37.4 Å². The molecular formula is C13H21NO2. The quantitative estimate of drug-likeness (QED) is 0.720. The molecule has 3 heteroatoms. The van der Waals surface area contributed by atoms with Crippen LogP contribution >= 0.6 is 0 Å². The third-order valence-corrected chi connectivity index (χ3v) is 2.64. The van der Waals surface area contributed by atoms with Gasteiger partial charge in [0.15, 0.2) is 0 Å². The molecule has 16 heavy (non-hydrogen) atoms. The van der Waals surface area contributed by atoms with Crippen LogP contribution in [0.15, 0.2) is 18.2 Å². The van der Waals surface area contributed by atoms with Crippen molar-refractivity contribution in [2.24, 2.45) is 5.73 Å². The Hall–Kier alpha value is -1.06. The fourth-order valence-electron chi connectivity index (χ4n) is 1.80. The zero-order valence-corrected chi connectivity index (χ0v) is 10.2. The van der Waals surface area contributed by atoms with Crippen molar-refractivity contribution < 1.29 is 9.47 Å². The maximum Gasteiger partial charge on any atom is 0.124 e. The largest absolute Gasteiger partial charge is 0.496 e. The molecule has 0 unspecified atom stereocenters. The summed E-state index contributed by atoms with van der Waals surface area (Å²) in [5.41, 5.74) is 7.95. The summed E-state index contributed by atoms with van der Waals surface area (Å²) in [6.45, 7) is 1.35. The molecule has 1 aromatic carbocycles. The van der Waals surface area contributed by atoms with Crippen molar-refractivity contribution >= 4 is 0 Å². The third kappa shape index (κ3) is 3.51. The van der Waals surface area contributed by atoms with E-state index < -0.39 is 0 Å². The van der Waals surface area contributed by atoms with Crippen LogP contribution in [0.25, 0.3) is 0 Å². The number of unbranched alkanes of at least 4 members (excludes halogenated alkanes) is 1. The van der Waals surface area contributed by atoms with Gasteiger partial charge in [-0.25, -0.2) is 0 Å². The zero-order valence-electron chi connectivity index (χ0n) is 10.2. The standard InChI is InChI=1S/C13H21NO2/c1-15-10-12-11(6-3-4-9-14)7-5-8-13(12)16-2/h5,7-8H,3-4,6,9-10,14H2,1-2H3. The van der Waals surface area contributed by atoms with E-state index in [2.05, 4.69) is 6.07 Å². The van der Waals surface area contributed by atoms with E-state index in [0.29, 0.717) is 6.61 Å². The predicted molar refractivity (Wildman–Crippen MR) is 65.7 cm³/mol. The van der Waals surface area contributed by atoms with Crippen molar-refractivity contribution in [3.05, 3.63) is 29.3 Å². The van der Waals surface area contributed by atoms with Gasteiger partial charge in [-0.3, -0.25) is 0 Å². The van der Waals surface area contributed by atoms with E-state index in [0.717, 1.165) is 37.1 Å². The number of aryl methyl sites for hydroxylation is 1. The van der Waals surface area contributed by atoms with Gasteiger partial charge in [0.2, 0.25) is 0 Å². The summed E-state index contributed by atoms with van der Waals surface area (Å²) in [7, 11) is 3.40. The summed E-state index contributed by atoms with van der Waals surface area (Å²) < 4.78 is 10.6. The number of methoxy groups -OCH3 is 2. The maximum atomic E-state index is 5.50. The highest BCUT2D eigenvalue weighted by molar-refractivity contribution is 5.40. The molecular weight excluding hydrogens is 202 g/mol. The van der Waals surface area contributed by atoms with Gasteiger partial charge in [-0.15, -0.1) is 0 Å². The summed E-state index contributed by atoms with van der Waals surface area (Å²) in [6, 6.07) is 6.13. The summed E-state index contributed by atoms with van der Waals surface area (Å²) in [6.07, 6.45) is 3.21. The summed E-state index contributed by atoms with van der Waals surface area (Å²) in [5.74, 6) is 0.909. The molecule has 0 spiro atoms. The molecule has 0 atom stereocenters. The molecule has 0 aliphatic heterocycles. The lowest BCUT2D eigenvalue weighted by molar-refractivity contribution is 0.180. The first-order valence-electron chi connectivity index (χ1n) is 5.67. The van der Waals surface area contributed by atoms with Gasteiger partial charge in [0.1, 0.15) is 5.75 Å². The predicted octanol–water partition coefficient (Wildman–Crippen LogP) is 2.12. The summed E-state index contributed by atoms with van der Waals surface area (Å²) in [4.78, 5) is 0. The average molecular weight is 223 g/mol. The minimum absolute atomic E-state index is 0.599. The Morgan fingerprint density at radius 2 is 2.00 bits per heavy atom. The Kier molecular flexibility index (Phi) is 5.90. The molecule has 0 bridgehead atoms. The zero-order chi connectivity index (χ0) is 11.8. The normalized spacial score (nSPS) is 10.4. The second kappa shape index (κ2) is 7.25. The molecule has 0 aromatic heterocycles. The number of hydrogen-bond acceptors (Lipinski definition) is 3. The van der Waals surface area contributed by atoms with Crippen LogP contribution < -0.4 is 10.5 Å². The molecule has 0 saturated heterocycles. The molecule has 0 fully saturated rings. The number of nitrogens with two attached hydrogens (primary N) is 1. The molecule has 0 aliphatic carbocycles. The van der Waals surface area contributed by atoms with E-state index >= 15 is 0 Å². The van der Waals surface area contributed by atoms with Crippen LogP contribution in [0, 0.1) is 0 Å². The van der Waals surface area contributed by atoms with Gasteiger partial charge in [0.05, 0.1) is 13.7 Å². The molecule has 0 amide bonds. The number of hydrogen-bond donors (Lipinski definition) is 1. The van der Waals surface area contributed by atoms with E-state index in [-0.39, 0.29) is 0 Å². The van der Waals surface area contributed by atoms with Crippen molar-refractivity contribution in [2.45, 2.75) is 25.9 Å². The highest BCUT2D eigenvalue weighted by atomic mass is 16.5. The Balaban J connectivity index is 2.79. The molecule has 3 nitrogen and oxygen atoms in total. The minimum atomic E-state index is 0.599. The minimum Gasteiger partial charge on any atom is -0.496 e. The average Bonchev–Trinajstić information content (AvgIpc) is 2.31. The van der Waals surface area contributed by atoms with Gasteiger partial charge in [-0.1, -0.05) is 12.1 Å². The van der Waals surface area contributed by atoms with Crippen molar-refractivity contribution in [1.29, 1.82) is 0 Å². The van der Waals surface area contributed by atoms with Crippen molar-refractivity contribution in [2.75, 3.05) is 20.8 Å². The third-order valence-electron chi connectivity index (χ3n) is 2.64. The van der Waals surface area contributed by atoms with Crippen molar-refractivity contribution in [1.82, 2.24) is 0 Å². The van der Waals surface area contributed by atoms with Crippen LogP contribution in [-0.2, 0) is 17.8 Å². The molecule has 90 valence electrons. The molecule has 0 saturated carbocycles. The SMILES string of the molecule is COCc1c(CCCCN)cccc1OC. The van der Waals surface area contributed by atoms with Crippen LogP contribution in [0.4, 0.5) is 0 Å². The van der Waals surface area contributed by atoms with E-state index in [1.54, 1.807) is 14.2 Å². The second-order valence-electron chi connectivity index (χ2n) is 3.78. The van der Waals surface area contributed by atoms with Crippen LogP contribution in [0.5, 0.6) is 5.75 Å². The number of benzene rings is 1. The fraction of sp³-hybridized carbons (Fsp3) is 0.538. The summed E-state index contributed by atoms with van der Waals surface area (Å²) >= 11 is 0. The lowest BCUT2D eigenvalue weighted by atomic mass is 10.0. The van der Waals surface area contributed by atoms with Crippen molar-refractivity contribution in [3.63, 3.8) is 0 Å². The van der Waals surface area contributed by atoms with E-state index in [9.17, 15) is 0 Å². The van der Waals surface area contributed by atoms with Crippen molar-refractivity contribution in [3.8, 4) is 5.75 Å². The van der Waals surface area contributed by atoms with Crippen LogP contribution in [-0.4, -0.2) is 20.8 Å². The highest BCUT2D eigenvalue weighted by Gasteiger charge is 2.08. The molecule has 2 N–H and O–H groups in total. The van der Waals surface area contributed by atoms with E-state index in [1.807, 2.05) is 12.1 Å². The topological polar surface area (TPSA) is 44.5 Å². The number of rotatable bonds is 7. The van der Waals surface area contributed by atoms with E-state index in [1.165, 1.54) is 5.56 Å². The smallest absolute Gasteiger partial charge is 0.124 e. The van der Waals surface area contributed by atoms with Gasteiger partial charge in [-0.2, -0.15) is 0 Å². The Bertz CT molecular complexity index is 313. The highest BCUT2D eigenvalue weighted by Crippen LogP contribution is 2.24. The monoisotopic (exact) mass is 223 g/mol. The van der Waals surface area contributed by atoms with Gasteiger partial charge >= 0.3 is 0 Å². The second-order valence-corrected chi connectivity index (χ2v) is 3.78. The summed E-state index contributed by atoms with van der Waals surface area (Å²) in [5, 5.41) is 0. The Morgan fingerprint density at radius 3 is 2.62 bits per heavy atom. The molecule has 0 heterocycles. The lowest BCUT2D eigenvalue weighted by Gasteiger charge is -2.13. The first kappa shape index (κ1) is 13.0. The maximum absolute atomic E-state index is 5.50. The molecule has 1 aromatic rings. The van der Waals surface area contributed by atoms with Gasteiger partial charge < -0.3 is 15.2 Å². The van der Waals surface area contributed by atoms with Crippen LogP contribution in [0.1, 0.15) is 24.0 Å². The Labute approximate surface area is 97.6 Å². The van der Waals surface area contributed by atoms with Gasteiger partial charge in [0, 0.05) is 12.7 Å². The van der Waals surface area contributed by atoms with Crippen LogP contribution in [0.2, 0.25) is 0 Å². The first-order valence-corrected chi connectivity index (χ1v) is 5.67. The first-order chi connectivity index (χ1) is 7.83. The Morgan fingerprint density at radius 1 is 1.19 bits per heavy atom. The lowest BCUT2D eigenvalue weighted by Crippen LogP contribution is -2.02. The van der Waals surface area contributed by atoms with Gasteiger partial charge in [0.25, 0.3) is 0 Å². The van der Waals surface area contributed by atoms with E-state index in [4.69, 9.17) is 15.2 Å². The number of ether oxygens (including phenoxy) is 2. The molecule has 0 aliphatic rings. The molecule has 1 rings (SSSR count). The molecule has 0 radical (unpaired) electrons. The van der Waals surface area contributed by atoms with Crippen LogP contribution in [0.3, 0.4) is 0 Å². The fourth-order valence-corrected chi connectivity index (χ4v) is 1.80.